The van der Waals surface area contributed by atoms with Crippen LogP contribution in [-0.4, -0.2) is 56.5 Å². The molecule has 3 aromatic rings. The molecule has 4 N–H and O–H groups in total. The van der Waals surface area contributed by atoms with E-state index in [0.717, 1.165) is 10.7 Å². The van der Waals surface area contributed by atoms with Crippen LogP contribution in [0.3, 0.4) is 0 Å². The first-order chi connectivity index (χ1) is 19.3. The number of aromatic nitrogens is 3. The number of aliphatic carboxylic acids is 1. The molecule has 3 heterocycles. The van der Waals surface area contributed by atoms with E-state index in [2.05, 4.69) is 26.0 Å². The van der Waals surface area contributed by atoms with Gasteiger partial charge in [-0.15, -0.1) is 0 Å². The van der Waals surface area contributed by atoms with Gasteiger partial charge in [0, 0.05) is 24.6 Å². The van der Waals surface area contributed by atoms with Crippen LogP contribution in [-0.2, 0) is 16.1 Å². The Morgan fingerprint density at radius 2 is 1.98 bits per heavy atom. The van der Waals surface area contributed by atoms with Crippen molar-refractivity contribution in [3.05, 3.63) is 53.2 Å². The summed E-state index contributed by atoms with van der Waals surface area (Å²) in [6.45, 7) is 0.478. The molecule has 4 atom stereocenters. The zero-order valence-electron chi connectivity index (χ0n) is 20.5. The Bertz CT molecular complexity index is 1840. The van der Waals surface area contributed by atoms with Gasteiger partial charge < -0.3 is 25.8 Å². The Balaban J connectivity index is 0.874. The molecule has 200 valence electrons. The molecule has 0 radical (unpaired) electrons. The fraction of sp³-hybridized carbons (Fsp3) is 0.407. The third kappa shape index (κ3) is 1.64. The van der Waals surface area contributed by atoms with Crippen molar-refractivity contribution >= 4 is 35.0 Å². The van der Waals surface area contributed by atoms with E-state index < -0.39 is 29.0 Å². The van der Waals surface area contributed by atoms with Crippen molar-refractivity contribution in [1.29, 1.82) is 0 Å². The van der Waals surface area contributed by atoms with E-state index in [1.165, 1.54) is 6.07 Å². The van der Waals surface area contributed by atoms with Gasteiger partial charge in [-0.1, -0.05) is 6.07 Å². The van der Waals surface area contributed by atoms with Crippen LogP contribution in [0.2, 0.25) is 0 Å². The summed E-state index contributed by atoms with van der Waals surface area (Å²) in [5, 5.41) is 22.0. The van der Waals surface area contributed by atoms with Crippen molar-refractivity contribution in [2.24, 2.45) is 45.3 Å². The molecule has 1 aromatic carbocycles. The molecule has 4 unspecified atom stereocenters. The molecule has 7 fully saturated rings. The molecule has 7 saturated carbocycles. The van der Waals surface area contributed by atoms with E-state index in [-0.39, 0.29) is 64.2 Å². The van der Waals surface area contributed by atoms with Crippen molar-refractivity contribution in [3.63, 3.8) is 0 Å². The first-order valence-electron chi connectivity index (χ1n) is 13.2. The van der Waals surface area contributed by atoms with E-state index in [1.54, 1.807) is 18.2 Å². The molecule has 7 aliphatic carbocycles. The Morgan fingerprint density at radius 1 is 1.18 bits per heavy atom. The van der Waals surface area contributed by atoms with E-state index in [0.29, 0.717) is 35.4 Å². The van der Waals surface area contributed by atoms with Gasteiger partial charge in [0.2, 0.25) is 0 Å². The highest BCUT2D eigenvalue weighted by Gasteiger charge is 3.40. The van der Waals surface area contributed by atoms with Crippen molar-refractivity contribution in [2.75, 3.05) is 18.5 Å². The summed E-state index contributed by atoms with van der Waals surface area (Å²) in [7, 11) is 0. The summed E-state index contributed by atoms with van der Waals surface area (Å²) in [5.41, 5.74) is 0.647. The monoisotopic (exact) mass is 542 g/mol. The summed E-state index contributed by atoms with van der Waals surface area (Å²) >= 11 is 0. The smallest absolute Gasteiger partial charge is 0.310 e. The second-order valence-electron chi connectivity index (χ2n) is 12.1. The topological polar surface area (TPSA) is 164 Å². The summed E-state index contributed by atoms with van der Waals surface area (Å²) < 4.78 is 20.9. The molecule has 40 heavy (non-hydrogen) atoms. The largest absolute Gasteiger partial charge is 0.482 e. The van der Waals surface area contributed by atoms with E-state index in [1.807, 2.05) is 0 Å². The number of carboxylic acid groups (broad SMARTS) is 1. The van der Waals surface area contributed by atoms with E-state index >= 15 is 0 Å². The lowest BCUT2D eigenvalue weighted by Crippen LogP contribution is -2.94. The van der Waals surface area contributed by atoms with Crippen molar-refractivity contribution in [3.8, 4) is 5.75 Å². The summed E-state index contributed by atoms with van der Waals surface area (Å²) in [5.74, 6) is -1.02. The molecule has 0 bridgehead atoms. The highest BCUT2D eigenvalue weighted by Crippen LogP contribution is 3.39. The van der Waals surface area contributed by atoms with Gasteiger partial charge in [-0.2, -0.15) is 5.10 Å². The molecule has 3 amide bonds. The summed E-state index contributed by atoms with van der Waals surface area (Å²) in [6, 6.07) is 6.40. The molecule has 8 aliphatic rings. The first-order valence-corrected chi connectivity index (χ1v) is 13.2. The van der Waals surface area contributed by atoms with Crippen LogP contribution in [0.5, 0.6) is 5.75 Å². The first kappa shape index (κ1) is 21.3. The summed E-state index contributed by atoms with van der Waals surface area (Å²) in [6.07, 6.45) is 0.941. The number of carbonyl (C=O) groups is 4. The number of rotatable bonds is 7. The Labute approximate surface area is 223 Å². The minimum Gasteiger partial charge on any atom is -0.482 e. The lowest BCUT2D eigenvalue weighted by atomic mass is 9.10. The Hall–Kier alpha value is -4.55. The third-order valence-electron chi connectivity index (χ3n) is 11.6. The third-order valence-corrected chi connectivity index (χ3v) is 11.6. The SMILES string of the molecule is O=C1COc2ccc(CNC(=O)c3cc(C(=O)NCC45C6C7C8(C(=O)O)C6C46C8C756)n4ncc(F)c4n3)cc2N1. The van der Waals surface area contributed by atoms with Gasteiger partial charge in [-0.3, -0.25) is 19.2 Å². The van der Waals surface area contributed by atoms with Gasteiger partial charge in [0.05, 0.1) is 17.3 Å². The van der Waals surface area contributed by atoms with Crippen LogP contribution in [0.4, 0.5) is 10.1 Å². The molecule has 2 spiro atoms. The molecule has 11 rings (SSSR count). The maximum atomic E-state index is 14.5. The number of benzene rings is 1. The Kier molecular flexibility index (Phi) is 3.09. The van der Waals surface area contributed by atoms with Crippen LogP contribution >= 0.6 is 0 Å². The van der Waals surface area contributed by atoms with Gasteiger partial charge in [-0.05, 0) is 52.2 Å². The number of fused-ring (bicyclic) bond motifs is 2. The number of hydrogen-bond donors (Lipinski definition) is 4. The van der Waals surface area contributed by atoms with Crippen LogP contribution < -0.4 is 20.7 Å². The lowest BCUT2D eigenvalue weighted by Gasteiger charge is -2.91. The highest BCUT2D eigenvalue weighted by atomic mass is 19.1. The van der Waals surface area contributed by atoms with Crippen molar-refractivity contribution < 1.29 is 33.4 Å². The fourth-order valence-electron chi connectivity index (χ4n) is 11.0. The average molecular weight is 542 g/mol. The van der Waals surface area contributed by atoms with E-state index in [4.69, 9.17) is 4.74 Å². The van der Waals surface area contributed by atoms with Gasteiger partial charge in [0.25, 0.3) is 17.7 Å². The second kappa shape index (κ2) is 5.81. The minimum atomic E-state index is -0.767. The molecule has 1 aliphatic heterocycles. The maximum Gasteiger partial charge on any atom is 0.310 e. The number of carbonyl (C=O) groups excluding carboxylic acids is 3. The minimum absolute atomic E-state index is 0.0170. The fourth-order valence-corrected chi connectivity index (χ4v) is 11.0. The predicted octanol–water partition coefficient (Wildman–Crippen LogP) is 0.436. The van der Waals surface area contributed by atoms with Crippen molar-refractivity contribution in [1.82, 2.24) is 25.2 Å². The number of anilines is 1. The van der Waals surface area contributed by atoms with Gasteiger partial charge in [0.1, 0.15) is 17.1 Å². The molecule has 2 aromatic heterocycles. The molecule has 0 saturated heterocycles. The lowest BCUT2D eigenvalue weighted by molar-refractivity contribution is -0.456. The maximum absolute atomic E-state index is 14.5. The molecule has 13 heteroatoms. The van der Waals surface area contributed by atoms with Crippen LogP contribution in [0.15, 0.2) is 30.5 Å². The Morgan fingerprint density at radius 3 is 2.70 bits per heavy atom. The van der Waals surface area contributed by atoms with Gasteiger partial charge in [0.15, 0.2) is 18.1 Å². The average Bonchev–Trinajstić information content (AvgIpc) is 3.28. The number of carboxylic acids is 1. The van der Waals surface area contributed by atoms with E-state index in [9.17, 15) is 28.7 Å². The molecular weight excluding hydrogens is 523 g/mol. The zero-order valence-corrected chi connectivity index (χ0v) is 20.5. The van der Waals surface area contributed by atoms with Gasteiger partial charge >= 0.3 is 5.97 Å². The number of amides is 3. The van der Waals surface area contributed by atoms with Crippen LogP contribution in [0.25, 0.3) is 5.65 Å². The summed E-state index contributed by atoms with van der Waals surface area (Å²) in [4.78, 5) is 53.8. The number of nitrogens with one attached hydrogen (secondary N) is 3. The highest BCUT2D eigenvalue weighted by molar-refractivity contribution is 6.01. The normalized spacial score (nSPS) is 40.0. The second-order valence-corrected chi connectivity index (χ2v) is 12.1. The zero-order chi connectivity index (χ0) is 27.1. The number of hydrogen-bond acceptors (Lipinski definition) is 7. The van der Waals surface area contributed by atoms with Crippen LogP contribution in [0, 0.1) is 51.1 Å². The number of ether oxygens (including phenoxy) is 1. The predicted molar refractivity (Wildman–Crippen MR) is 128 cm³/mol. The molecular formula is C27H19FN6O6. The standard InChI is InChI=1S/C27H19FN6O6/c28-10-6-31-34-13(21(37)30-8-24-16-17-25(23(38)39)18(16)27(24)22(25)26(17,24)27)4-12(33-19(10)34)20(36)29-5-9-1-2-14-11(3-9)32-15(35)7-40-14/h1-4,6,16-18,22H,5,7-8H2,(H,29,36)(H,30,37)(H,32,35)(H,38,39). The number of nitrogens with zero attached hydrogens (tertiary/aromatic N) is 3. The number of halogens is 1. The quantitative estimate of drug-likeness (QED) is 0.334. The van der Waals surface area contributed by atoms with Crippen molar-refractivity contribution in [2.45, 2.75) is 6.54 Å². The molecule has 12 nitrogen and oxygen atoms in total. The van der Waals surface area contributed by atoms with Crippen LogP contribution in [0.1, 0.15) is 26.5 Å². The van der Waals surface area contributed by atoms with Gasteiger partial charge in [-0.25, -0.2) is 13.9 Å².